The molecule has 6 aromatic rings. The molecule has 40 heavy (non-hydrogen) atoms. The number of fused-ring (bicyclic) bond motifs is 1. The zero-order chi connectivity index (χ0) is 27.6. The minimum Gasteiger partial charge on any atom is -0.478 e. The lowest BCUT2D eigenvalue weighted by Gasteiger charge is -2.25. The zero-order valence-corrected chi connectivity index (χ0v) is 21.6. The number of benzene rings is 3. The maximum Gasteiger partial charge on any atom is 0.337 e. The summed E-state index contributed by atoms with van der Waals surface area (Å²) in [4.78, 5) is 26.2. The molecule has 0 amide bonds. The standard InChI is InChI=1S/C31H25FN6O2/c1-20-34-19-35-38(20)23-12-13-24(27(32)14-23)28-15-25-26(31(39)40)16-33-30(29(25)36-28)37(17-21-8-4-2-5-9-21)18-22-10-6-3-7-11-22/h2-16,19,36H,17-18H2,1H3,(H,39,40). The highest BCUT2D eigenvalue weighted by molar-refractivity contribution is 6.07. The first-order valence-corrected chi connectivity index (χ1v) is 12.7. The topological polar surface area (TPSA) is 99.9 Å². The summed E-state index contributed by atoms with van der Waals surface area (Å²) < 4.78 is 17.0. The predicted molar refractivity (Wildman–Crippen MR) is 151 cm³/mol. The van der Waals surface area contributed by atoms with Gasteiger partial charge in [-0.2, -0.15) is 5.10 Å². The highest BCUT2D eigenvalue weighted by Gasteiger charge is 2.22. The predicted octanol–water partition coefficient (Wildman–Crippen LogP) is 6.16. The molecule has 8 nitrogen and oxygen atoms in total. The number of rotatable bonds is 8. The van der Waals surface area contributed by atoms with Gasteiger partial charge >= 0.3 is 5.97 Å². The van der Waals surface area contributed by atoms with E-state index in [1.54, 1.807) is 29.8 Å². The van der Waals surface area contributed by atoms with Crippen LogP contribution in [0.2, 0.25) is 0 Å². The fourth-order valence-corrected chi connectivity index (χ4v) is 4.88. The third-order valence-electron chi connectivity index (χ3n) is 6.82. The molecule has 6 rings (SSSR count). The summed E-state index contributed by atoms with van der Waals surface area (Å²) >= 11 is 0. The molecular weight excluding hydrogens is 507 g/mol. The first kappa shape index (κ1) is 25.0. The van der Waals surface area contributed by atoms with Crippen molar-refractivity contribution in [3.8, 4) is 16.9 Å². The second-order valence-corrected chi connectivity index (χ2v) is 9.48. The van der Waals surface area contributed by atoms with E-state index >= 15 is 4.39 Å². The monoisotopic (exact) mass is 532 g/mol. The number of carboxylic acid groups (broad SMARTS) is 1. The first-order valence-electron chi connectivity index (χ1n) is 12.7. The van der Waals surface area contributed by atoms with Gasteiger partial charge in [0.25, 0.3) is 0 Å². The van der Waals surface area contributed by atoms with Crippen molar-refractivity contribution < 1.29 is 14.3 Å². The van der Waals surface area contributed by atoms with Crippen LogP contribution in [-0.2, 0) is 13.1 Å². The van der Waals surface area contributed by atoms with Gasteiger partial charge in [-0.15, -0.1) is 0 Å². The van der Waals surface area contributed by atoms with Crippen molar-refractivity contribution in [2.24, 2.45) is 0 Å². The number of aromatic amines is 1. The molecule has 0 unspecified atom stereocenters. The van der Waals surface area contributed by atoms with E-state index in [1.165, 1.54) is 18.6 Å². The van der Waals surface area contributed by atoms with Crippen LogP contribution in [0.4, 0.5) is 10.2 Å². The quantitative estimate of drug-likeness (QED) is 0.243. The molecule has 0 saturated carbocycles. The summed E-state index contributed by atoms with van der Waals surface area (Å²) in [6.07, 6.45) is 2.78. The number of aromatic carboxylic acids is 1. The molecule has 0 bridgehead atoms. The number of carbonyl (C=O) groups is 1. The molecule has 0 aliphatic rings. The lowest BCUT2D eigenvalue weighted by Crippen LogP contribution is -2.23. The molecule has 3 aromatic heterocycles. The molecule has 0 atom stereocenters. The second kappa shape index (κ2) is 10.5. The SMILES string of the molecule is Cc1ncnn1-c1ccc(-c2cc3c(C(=O)O)cnc(N(Cc4ccccc4)Cc4ccccc4)c3[nH]2)c(F)c1. The van der Waals surface area contributed by atoms with Crippen molar-refractivity contribution >= 4 is 22.7 Å². The van der Waals surface area contributed by atoms with Gasteiger partial charge in [0, 0.05) is 42.0 Å². The molecule has 0 radical (unpaired) electrons. The van der Waals surface area contributed by atoms with E-state index in [0.717, 1.165) is 11.1 Å². The fraction of sp³-hybridized carbons (Fsp3) is 0.0968. The van der Waals surface area contributed by atoms with Crippen molar-refractivity contribution in [1.29, 1.82) is 0 Å². The number of carboxylic acids is 1. The van der Waals surface area contributed by atoms with Crippen LogP contribution in [0.15, 0.2) is 97.5 Å². The third-order valence-corrected chi connectivity index (χ3v) is 6.82. The Labute approximate surface area is 229 Å². The Morgan fingerprint density at radius 2 is 1.62 bits per heavy atom. The summed E-state index contributed by atoms with van der Waals surface area (Å²) in [6.45, 7) is 2.87. The largest absolute Gasteiger partial charge is 0.478 e. The van der Waals surface area contributed by atoms with Crippen LogP contribution in [-0.4, -0.2) is 35.8 Å². The molecule has 0 saturated heterocycles. The Morgan fingerprint density at radius 1 is 0.950 bits per heavy atom. The second-order valence-electron chi connectivity index (χ2n) is 9.48. The van der Waals surface area contributed by atoms with E-state index in [4.69, 9.17) is 0 Å². The van der Waals surface area contributed by atoms with Gasteiger partial charge in [-0.1, -0.05) is 60.7 Å². The summed E-state index contributed by atoms with van der Waals surface area (Å²) in [7, 11) is 0. The Balaban J connectivity index is 1.47. The smallest absolute Gasteiger partial charge is 0.337 e. The highest BCUT2D eigenvalue weighted by Crippen LogP contribution is 2.34. The average Bonchev–Trinajstić information content (AvgIpc) is 3.59. The molecule has 0 aliphatic carbocycles. The van der Waals surface area contributed by atoms with Gasteiger partial charge in [-0.05, 0) is 36.2 Å². The Morgan fingerprint density at radius 3 is 2.20 bits per heavy atom. The van der Waals surface area contributed by atoms with Crippen LogP contribution < -0.4 is 4.90 Å². The number of hydrogen-bond donors (Lipinski definition) is 2. The van der Waals surface area contributed by atoms with Crippen molar-refractivity contribution in [1.82, 2.24) is 24.7 Å². The molecule has 198 valence electrons. The van der Waals surface area contributed by atoms with Gasteiger partial charge in [0.2, 0.25) is 0 Å². The lowest BCUT2D eigenvalue weighted by molar-refractivity contribution is 0.0698. The number of pyridine rings is 1. The van der Waals surface area contributed by atoms with E-state index in [0.29, 0.717) is 52.6 Å². The van der Waals surface area contributed by atoms with E-state index in [1.807, 2.05) is 60.7 Å². The lowest BCUT2D eigenvalue weighted by atomic mass is 10.1. The summed E-state index contributed by atoms with van der Waals surface area (Å²) in [6, 6.07) is 26.4. The van der Waals surface area contributed by atoms with Crippen LogP contribution >= 0.6 is 0 Å². The maximum absolute atomic E-state index is 15.5. The Kier molecular flexibility index (Phi) is 6.53. The van der Waals surface area contributed by atoms with E-state index in [2.05, 4.69) is 25.0 Å². The minimum absolute atomic E-state index is 0.0379. The zero-order valence-electron chi connectivity index (χ0n) is 21.6. The number of aryl methyl sites for hydroxylation is 1. The molecule has 0 aliphatic heterocycles. The van der Waals surface area contributed by atoms with Crippen LogP contribution in [0.25, 0.3) is 27.8 Å². The van der Waals surface area contributed by atoms with Crippen molar-refractivity contribution in [3.63, 3.8) is 0 Å². The summed E-state index contributed by atoms with van der Waals surface area (Å²) in [5.41, 5.74) is 4.01. The van der Waals surface area contributed by atoms with Gasteiger partial charge in [0.15, 0.2) is 5.82 Å². The first-order chi connectivity index (χ1) is 19.5. The molecular formula is C31H25FN6O2. The number of hydrogen-bond acceptors (Lipinski definition) is 5. The number of nitrogens with one attached hydrogen (secondary N) is 1. The van der Waals surface area contributed by atoms with Gasteiger partial charge < -0.3 is 15.0 Å². The van der Waals surface area contributed by atoms with Crippen molar-refractivity contribution in [2.75, 3.05) is 4.90 Å². The Bertz CT molecular complexity index is 1770. The molecule has 3 heterocycles. The number of aromatic nitrogens is 5. The van der Waals surface area contributed by atoms with Crippen LogP contribution in [0.1, 0.15) is 27.3 Å². The molecule has 3 aromatic carbocycles. The molecule has 0 spiro atoms. The van der Waals surface area contributed by atoms with Gasteiger partial charge in [-0.25, -0.2) is 23.8 Å². The van der Waals surface area contributed by atoms with Gasteiger partial charge in [0.05, 0.1) is 16.8 Å². The Hall–Kier alpha value is -5.31. The van der Waals surface area contributed by atoms with Crippen molar-refractivity contribution in [2.45, 2.75) is 20.0 Å². The summed E-state index contributed by atoms with van der Waals surface area (Å²) in [5, 5.41) is 14.5. The van der Waals surface area contributed by atoms with Gasteiger partial charge in [-0.3, -0.25) is 0 Å². The number of nitrogens with zero attached hydrogens (tertiary/aromatic N) is 5. The third kappa shape index (κ3) is 4.80. The van der Waals surface area contributed by atoms with Crippen LogP contribution in [0, 0.1) is 12.7 Å². The van der Waals surface area contributed by atoms with Crippen molar-refractivity contribution in [3.05, 3.63) is 126 Å². The van der Waals surface area contributed by atoms with Crippen LogP contribution in [0.3, 0.4) is 0 Å². The average molecular weight is 533 g/mol. The molecule has 9 heteroatoms. The highest BCUT2D eigenvalue weighted by atomic mass is 19.1. The molecule has 2 N–H and O–H groups in total. The van der Waals surface area contributed by atoms with E-state index in [9.17, 15) is 9.90 Å². The number of halogens is 1. The summed E-state index contributed by atoms with van der Waals surface area (Å²) in [5.74, 6) is -0.369. The molecule has 0 fully saturated rings. The number of anilines is 1. The normalized spacial score (nSPS) is 11.2. The fourth-order valence-electron chi connectivity index (χ4n) is 4.88. The van der Waals surface area contributed by atoms with E-state index < -0.39 is 11.8 Å². The van der Waals surface area contributed by atoms with E-state index in [-0.39, 0.29) is 5.56 Å². The minimum atomic E-state index is -1.11. The maximum atomic E-state index is 15.5. The van der Waals surface area contributed by atoms with Gasteiger partial charge in [0.1, 0.15) is 18.0 Å². The number of H-pyrrole nitrogens is 1. The van der Waals surface area contributed by atoms with Crippen LogP contribution in [0.5, 0.6) is 0 Å².